The molecule has 1 aliphatic rings. The van der Waals surface area contributed by atoms with Gasteiger partial charge in [0.25, 0.3) is 5.91 Å². The average Bonchev–Trinajstić information content (AvgIpc) is 2.57. The van der Waals surface area contributed by atoms with Crippen LogP contribution in [0.25, 0.3) is 0 Å². The Morgan fingerprint density at radius 2 is 1.59 bits per heavy atom. The van der Waals surface area contributed by atoms with Crippen LogP contribution >= 0.6 is 0 Å². The first kappa shape index (κ1) is 11.9. The number of likely N-dealkylation sites (tertiary alicyclic amines) is 1. The first-order valence-corrected chi connectivity index (χ1v) is 5.09. The molecule has 0 radical (unpaired) electrons. The van der Waals surface area contributed by atoms with Gasteiger partial charge in [0, 0.05) is 24.7 Å². The minimum Gasteiger partial charge on any atom is -0.388 e. The molecule has 1 saturated heterocycles. The number of nitrogens with zero attached hydrogens (tertiary/aromatic N) is 1. The third-order valence-electron chi connectivity index (χ3n) is 2.66. The van der Waals surface area contributed by atoms with Crippen molar-refractivity contribution in [2.24, 2.45) is 0 Å². The third kappa shape index (κ3) is 2.42. The Balaban J connectivity index is 2.20. The minimum absolute atomic E-state index is 0.0435. The van der Waals surface area contributed by atoms with Crippen LogP contribution in [0.4, 0.5) is 8.78 Å². The van der Waals surface area contributed by atoms with E-state index in [4.69, 9.17) is 0 Å². The van der Waals surface area contributed by atoms with Gasteiger partial charge in [-0.25, -0.2) is 8.78 Å². The van der Waals surface area contributed by atoms with Crippen molar-refractivity contribution in [3.05, 3.63) is 35.4 Å². The van der Waals surface area contributed by atoms with Crippen LogP contribution in [0.1, 0.15) is 10.4 Å². The number of aliphatic hydroxyl groups is 2. The first-order valence-electron chi connectivity index (χ1n) is 5.09. The lowest BCUT2D eigenvalue weighted by Gasteiger charge is -2.15. The summed E-state index contributed by atoms with van der Waals surface area (Å²) in [6, 6.07) is 2.51. The molecule has 17 heavy (non-hydrogen) atoms. The second-order valence-electron chi connectivity index (χ2n) is 4.00. The fraction of sp³-hybridized carbons (Fsp3) is 0.364. The van der Waals surface area contributed by atoms with E-state index in [1.165, 1.54) is 0 Å². The lowest BCUT2D eigenvalue weighted by Crippen LogP contribution is -2.29. The molecule has 2 unspecified atom stereocenters. The SMILES string of the molecule is O=C(c1cc(F)cc(F)c1)N1CC(O)C(O)C1. The van der Waals surface area contributed by atoms with E-state index < -0.39 is 29.7 Å². The summed E-state index contributed by atoms with van der Waals surface area (Å²) < 4.78 is 25.8. The highest BCUT2D eigenvalue weighted by molar-refractivity contribution is 5.94. The molecule has 1 aromatic rings. The number of β-amino-alcohol motifs (C(OH)–C–C–N with tert-alkyl or cyclic N) is 2. The van der Waals surface area contributed by atoms with Crippen molar-refractivity contribution in [1.29, 1.82) is 0 Å². The summed E-state index contributed by atoms with van der Waals surface area (Å²) in [5, 5.41) is 18.6. The molecule has 1 aliphatic heterocycles. The fourth-order valence-electron chi connectivity index (χ4n) is 1.80. The molecule has 0 spiro atoms. The van der Waals surface area contributed by atoms with Gasteiger partial charge in [-0.1, -0.05) is 0 Å². The molecule has 1 amide bonds. The maximum atomic E-state index is 12.9. The second-order valence-corrected chi connectivity index (χ2v) is 4.00. The zero-order valence-corrected chi connectivity index (χ0v) is 8.81. The van der Waals surface area contributed by atoms with Gasteiger partial charge in [0.2, 0.25) is 0 Å². The van der Waals surface area contributed by atoms with Crippen LogP contribution in [0.5, 0.6) is 0 Å². The van der Waals surface area contributed by atoms with Crippen molar-refractivity contribution in [1.82, 2.24) is 4.90 Å². The standard InChI is InChI=1S/C11H11F2NO3/c12-7-1-6(2-8(13)3-7)11(17)14-4-9(15)10(16)5-14/h1-3,9-10,15-16H,4-5H2. The molecule has 92 valence electrons. The van der Waals surface area contributed by atoms with Crippen LogP contribution in [0.15, 0.2) is 18.2 Å². The summed E-state index contributed by atoms with van der Waals surface area (Å²) in [4.78, 5) is 13.0. The molecule has 2 atom stereocenters. The number of carbonyl (C=O) groups is 1. The number of aliphatic hydroxyl groups excluding tert-OH is 2. The Labute approximate surface area is 96.1 Å². The summed E-state index contributed by atoms with van der Waals surface area (Å²) in [6.45, 7) is -0.0870. The molecule has 1 fully saturated rings. The second kappa shape index (κ2) is 4.38. The summed E-state index contributed by atoms with van der Waals surface area (Å²) in [6.07, 6.45) is -2.03. The number of hydrogen-bond acceptors (Lipinski definition) is 3. The predicted octanol–water partition coefficient (Wildman–Crippen LogP) is 0.142. The normalized spacial score (nSPS) is 24.1. The van der Waals surface area contributed by atoms with Crippen LogP contribution in [0.3, 0.4) is 0 Å². The molecule has 6 heteroatoms. The quantitative estimate of drug-likeness (QED) is 0.737. The van der Waals surface area contributed by atoms with Crippen LogP contribution < -0.4 is 0 Å². The molecule has 4 nitrogen and oxygen atoms in total. The van der Waals surface area contributed by atoms with Gasteiger partial charge in [-0.2, -0.15) is 0 Å². The van der Waals surface area contributed by atoms with Gasteiger partial charge in [0.15, 0.2) is 0 Å². The number of rotatable bonds is 1. The smallest absolute Gasteiger partial charge is 0.254 e. The first-order chi connectivity index (χ1) is 7.97. The molecule has 2 N–H and O–H groups in total. The van der Waals surface area contributed by atoms with Gasteiger partial charge in [0.05, 0.1) is 12.2 Å². The molecule has 1 heterocycles. The van der Waals surface area contributed by atoms with Gasteiger partial charge in [0.1, 0.15) is 11.6 Å². The fourth-order valence-corrected chi connectivity index (χ4v) is 1.80. The predicted molar refractivity (Wildman–Crippen MR) is 54.3 cm³/mol. The number of carbonyl (C=O) groups excluding carboxylic acids is 1. The molecule has 0 saturated carbocycles. The summed E-state index contributed by atoms with van der Waals surface area (Å²) in [5.74, 6) is -2.29. The topological polar surface area (TPSA) is 60.8 Å². The van der Waals surface area contributed by atoms with Crippen molar-refractivity contribution in [3.63, 3.8) is 0 Å². The maximum absolute atomic E-state index is 12.9. The van der Waals surface area contributed by atoms with Crippen LogP contribution in [0.2, 0.25) is 0 Å². The van der Waals surface area contributed by atoms with Gasteiger partial charge >= 0.3 is 0 Å². The van der Waals surface area contributed by atoms with E-state index >= 15 is 0 Å². The van der Waals surface area contributed by atoms with Crippen molar-refractivity contribution in [3.8, 4) is 0 Å². The molecule has 2 rings (SSSR count). The minimum atomic E-state index is -1.02. The lowest BCUT2D eigenvalue weighted by atomic mass is 10.2. The Bertz CT molecular complexity index is 422. The van der Waals surface area contributed by atoms with E-state index in [1.807, 2.05) is 0 Å². The number of amides is 1. The monoisotopic (exact) mass is 243 g/mol. The molecule has 1 aromatic carbocycles. The van der Waals surface area contributed by atoms with Gasteiger partial charge in [-0.05, 0) is 12.1 Å². The highest BCUT2D eigenvalue weighted by atomic mass is 19.1. The number of halogens is 2. The maximum Gasteiger partial charge on any atom is 0.254 e. The van der Waals surface area contributed by atoms with E-state index in [-0.39, 0.29) is 18.7 Å². The Hall–Kier alpha value is -1.53. The zero-order valence-electron chi connectivity index (χ0n) is 8.81. The summed E-state index contributed by atoms with van der Waals surface area (Å²) >= 11 is 0. The Morgan fingerprint density at radius 1 is 1.12 bits per heavy atom. The molecule has 0 bridgehead atoms. The van der Waals surface area contributed by atoms with E-state index in [0.29, 0.717) is 6.07 Å². The average molecular weight is 243 g/mol. The van der Waals surface area contributed by atoms with Crippen molar-refractivity contribution < 1.29 is 23.8 Å². The van der Waals surface area contributed by atoms with Gasteiger partial charge < -0.3 is 15.1 Å². The van der Waals surface area contributed by atoms with Crippen LogP contribution in [-0.4, -0.2) is 46.3 Å². The molecular weight excluding hydrogens is 232 g/mol. The Kier molecular flexibility index (Phi) is 3.08. The molecular formula is C11H11F2NO3. The number of benzene rings is 1. The van der Waals surface area contributed by atoms with E-state index in [1.54, 1.807) is 0 Å². The highest BCUT2D eigenvalue weighted by Gasteiger charge is 2.33. The molecule has 0 aliphatic carbocycles. The number of hydrogen-bond donors (Lipinski definition) is 2. The summed E-state index contributed by atoms with van der Waals surface area (Å²) in [7, 11) is 0. The zero-order chi connectivity index (χ0) is 12.6. The van der Waals surface area contributed by atoms with Crippen LogP contribution in [0, 0.1) is 11.6 Å². The van der Waals surface area contributed by atoms with Gasteiger partial charge in [-0.3, -0.25) is 4.79 Å². The van der Waals surface area contributed by atoms with Gasteiger partial charge in [-0.15, -0.1) is 0 Å². The largest absolute Gasteiger partial charge is 0.388 e. The third-order valence-corrected chi connectivity index (χ3v) is 2.66. The van der Waals surface area contributed by atoms with Crippen LogP contribution in [-0.2, 0) is 0 Å². The highest BCUT2D eigenvalue weighted by Crippen LogP contribution is 2.16. The lowest BCUT2D eigenvalue weighted by molar-refractivity contribution is 0.0572. The van der Waals surface area contributed by atoms with E-state index in [9.17, 15) is 23.8 Å². The van der Waals surface area contributed by atoms with Crippen molar-refractivity contribution in [2.45, 2.75) is 12.2 Å². The van der Waals surface area contributed by atoms with Crippen molar-refractivity contribution in [2.75, 3.05) is 13.1 Å². The summed E-state index contributed by atoms with van der Waals surface area (Å²) in [5.41, 5.74) is -0.135. The van der Waals surface area contributed by atoms with Crippen molar-refractivity contribution >= 4 is 5.91 Å². The van der Waals surface area contributed by atoms with E-state index in [0.717, 1.165) is 17.0 Å². The molecule has 0 aromatic heterocycles. The Morgan fingerprint density at radius 3 is 2.06 bits per heavy atom. The van der Waals surface area contributed by atoms with E-state index in [2.05, 4.69) is 0 Å².